The molecule has 3 N–H and O–H groups in total. The predicted octanol–water partition coefficient (Wildman–Crippen LogP) is -0.200. The topological polar surface area (TPSA) is 49.5 Å². The van der Waals surface area contributed by atoms with Crippen molar-refractivity contribution in [1.29, 1.82) is 0 Å². The third kappa shape index (κ3) is 4.53. The van der Waals surface area contributed by atoms with E-state index in [2.05, 4.69) is 0 Å². The third-order valence-electron chi connectivity index (χ3n) is 1.37. The van der Waals surface area contributed by atoms with Crippen LogP contribution in [-0.2, 0) is 0 Å². The summed E-state index contributed by atoms with van der Waals surface area (Å²) in [5.41, 5.74) is 5.11. The van der Waals surface area contributed by atoms with Crippen molar-refractivity contribution >= 4 is 0 Å². The molecule has 0 spiro atoms. The maximum atomic E-state index is 11.7. The Bertz CT molecular complexity index is 128. The Morgan fingerprint density at radius 2 is 2.00 bits per heavy atom. The van der Waals surface area contributed by atoms with Gasteiger partial charge in [-0.25, -0.2) is 0 Å². The average molecular weight is 186 g/mol. The van der Waals surface area contributed by atoms with Crippen LogP contribution in [0.1, 0.15) is 0 Å². The van der Waals surface area contributed by atoms with Crippen molar-refractivity contribution in [2.24, 2.45) is 5.73 Å². The van der Waals surface area contributed by atoms with Gasteiger partial charge in [-0.3, -0.25) is 0 Å². The van der Waals surface area contributed by atoms with Gasteiger partial charge >= 0.3 is 6.18 Å². The first-order valence-corrected chi connectivity index (χ1v) is 3.51. The van der Waals surface area contributed by atoms with Crippen molar-refractivity contribution in [2.45, 2.75) is 12.3 Å². The molecule has 0 aliphatic heterocycles. The molecule has 12 heavy (non-hydrogen) atoms. The van der Waals surface area contributed by atoms with Gasteiger partial charge in [-0.1, -0.05) is 0 Å². The van der Waals surface area contributed by atoms with Gasteiger partial charge in [0.15, 0.2) is 6.10 Å². The molecule has 0 amide bonds. The lowest BCUT2D eigenvalue weighted by Crippen LogP contribution is -2.40. The number of nitrogens with zero attached hydrogens (tertiary/aromatic N) is 1. The zero-order valence-corrected chi connectivity index (χ0v) is 6.80. The molecule has 0 bridgehead atoms. The summed E-state index contributed by atoms with van der Waals surface area (Å²) in [7, 11) is 1.47. The fourth-order valence-corrected chi connectivity index (χ4v) is 0.710. The Morgan fingerprint density at radius 1 is 1.50 bits per heavy atom. The van der Waals surface area contributed by atoms with Gasteiger partial charge in [-0.15, -0.1) is 0 Å². The van der Waals surface area contributed by atoms with E-state index < -0.39 is 18.8 Å². The van der Waals surface area contributed by atoms with Gasteiger partial charge in [0.2, 0.25) is 0 Å². The molecule has 0 radical (unpaired) electrons. The zero-order valence-electron chi connectivity index (χ0n) is 6.80. The van der Waals surface area contributed by atoms with Gasteiger partial charge in [0.1, 0.15) is 0 Å². The molecule has 0 aliphatic rings. The summed E-state index contributed by atoms with van der Waals surface area (Å²) < 4.78 is 35.2. The summed E-state index contributed by atoms with van der Waals surface area (Å²) in [4.78, 5) is 1.33. The van der Waals surface area contributed by atoms with E-state index in [4.69, 9.17) is 10.8 Å². The first kappa shape index (κ1) is 11.7. The number of nitrogens with two attached hydrogens (primary N) is 1. The normalized spacial score (nSPS) is 15.2. The number of alkyl halides is 3. The van der Waals surface area contributed by atoms with E-state index in [0.29, 0.717) is 6.54 Å². The monoisotopic (exact) mass is 186 g/mol. The van der Waals surface area contributed by atoms with Gasteiger partial charge < -0.3 is 15.7 Å². The average Bonchev–Trinajstić information content (AvgIpc) is 1.85. The first-order chi connectivity index (χ1) is 5.38. The molecular formula is C6H13F3N2O. The largest absolute Gasteiger partial charge is 0.415 e. The second kappa shape index (κ2) is 4.64. The van der Waals surface area contributed by atoms with Crippen molar-refractivity contribution in [3.05, 3.63) is 0 Å². The molecule has 0 unspecified atom stereocenters. The minimum absolute atomic E-state index is 0.279. The summed E-state index contributed by atoms with van der Waals surface area (Å²) in [6.07, 6.45) is -6.82. The molecule has 3 nitrogen and oxygen atoms in total. The van der Waals surface area contributed by atoms with E-state index in [0.717, 1.165) is 0 Å². The fourth-order valence-electron chi connectivity index (χ4n) is 0.710. The Morgan fingerprint density at radius 3 is 2.33 bits per heavy atom. The number of rotatable bonds is 4. The van der Waals surface area contributed by atoms with E-state index >= 15 is 0 Å². The van der Waals surface area contributed by atoms with Gasteiger partial charge in [0.25, 0.3) is 0 Å². The maximum absolute atomic E-state index is 11.7. The lowest BCUT2D eigenvalue weighted by molar-refractivity contribution is -0.207. The van der Waals surface area contributed by atoms with Gasteiger partial charge in [0.05, 0.1) is 0 Å². The number of halogens is 3. The van der Waals surface area contributed by atoms with Crippen LogP contribution in [0.5, 0.6) is 0 Å². The zero-order chi connectivity index (χ0) is 9.78. The molecular weight excluding hydrogens is 173 g/mol. The summed E-state index contributed by atoms with van der Waals surface area (Å²) in [5.74, 6) is 0. The van der Waals surface area contributed by atoms with Crippen molar-refractivity contribution in [3.63, 3.8) is 0 Å². The Hall–Kier alpha value is -0.330. The second-order valence-electron chi connectivity index (χ2n) is 2.61. The highest BCUT2D eigenvalue weighted by molar-refractivity contribution is 4.68. The van der Waals surface area contributed by atoms with Crippen LogP contribution in [0, 0.1) is 0 Å². The Balaban J connectivity index is 3.76. The van der Waals surface area contributed by atoms with E-state index in [1.807, 2.05) is 0 Å². The molecule has 0 rings (SSSR count). The molecule has 0 aliphatic carbocycles. The van der Waals surface area contributed by atoms with Crippen LogP contribution in [0.4, 0.5) is 13.2 Å². The molecule has 0 saturated carbocycles. The lowest BCUT2D eigenvalue weighted by Gasteiger charge is -2.21. The van der Waals surface area contributed by atoms with Crippen molar-refractivity contribution in [1.82, 2.24) is 4.90 Å². The fraction of sp³-hybridized carbons (Fsp3) is 1.00. The molecule has 0 aromatic carbocycles. The quantitative estimate of drug-likeness (QED) is 0.639. The van der Waals surface area contributed by atoms with E-state index in [1.54, 1.807) is 0 Å². The van der Waals surface area contributed by atoms with E-state index in [1.165, 1.54) is 11.9 Å². The van der Waals surface area contributed by atoms with Crippen molar-refractivity contribution < 1.29 is 18.3 Å². The molecule has 74 valence electrons. The highest BCUT2D eigenvalue weighted by atomic mass is 19.4. The smallest absolute Gasteiger partial charge is 0.382 e. The number of aliphatic hydroxyl groups excluding tert-OH is 1. The number of likely N-dealkylation sites (N-methyl/N-ethyl adjacent to an activating group) is 1. The first-order valence-electron chi connectivity index (χ1n) is 3.51. The molecule has 0 aromatic heterocycles. The SMILES string of the molecule is CN(CCN)C[C@H](O)C(F)(F)F. The summed E-state index contributed by atoms with van der Waals surface area (Å²) >= 11 is 0. The lowest BCUT2D eigenvalue weighted by atomic mass is 10.3. The van der Waals surface area contributed by atoms with Crippen LogP contribution in [0.2, 0.25) is 0 Å². The highest BCUT2D eigenvalue weighted by Crippen LogP contribution is 2.20. The molecule has 0 fully saturated rings. The predicted molar refractivity (Wildman–Crippen MR) is 38.6 cm³/mol. The molecule has 6 heteroatoms. The number of hydrogen-bond acceptors (Lipinski definition) is 3. The minimum atomic E-state index is -4.54. The van der Waals surface area contributed by atoms with Crippen LogP contribution in [0.3, 0.4) is 0 Å². The molecule has 1 atom stereocenters. The van der Waals surface area contributed by atoms with Crippen LogP contribution in [-0.4, -0.2) is 49.0 Å². The Labute approximate surface area is 69.0 Å². The summed E-state index contributed by atoms with van der Waals surface area (Å²) in [6.45, 7) is 0.189. The minimum Gasteiger partial charge on any atom is -0.382 e. The molecule has 0 heterocycles. The van der Waals surface area contributed by atoms with Crippen LogP contribution < -0.4 is 5.73 Å². The van der Waals surface area contributed by atoms with Crippen molar-refractivity contribution in [2.75, 3.05) is 26.7 Å². The van der Waals surface area contributed by atoms with Gasteiger partial charge in [-0.2, -0.15) is 13.2 Å². The summed E-state index contributed by atoms with van der Waals surface area (Å²) in [5, 5.41) is 8.58. The van der Waals surface area contributed by atoms with Crippen molar-refractivity contribution in [3.8, 4) is 0 Å². The van der Waals surface area contributed by atoms with E-state index in [9.17, 15) is 13.2 Å². The maximum Gasteiger partial charge on any atom is 0.415 e. The van der Waals surface area contributed by atoms with E-state index in [-0.39, 0.29) is 6.54 Å². The van der Waals surface area contributed by atoms with Crippen LogP contribution >= 0.6 is 0 Å². The molecule has 0 aromatic rings. The third-order valence-corrected chi connectivity index (χ3v) is 1.37. The van der Waals surface area contributed by atoms with Crippen LogP contribution in [0.25, 0.3) is 0 Å². The Kier molecular flexibility index (Phi) is 4.51. The molecule has 0 saturated heterocycles. The number of hydrogen-bond donors (Lipinski definition) is 2. The number of aliphatic hydroxyl groups is 1. The second-order valence-corrected chi connectivity index (χ2v) is 2.61. The van der Waals surface area contributed by atoms with Crippen LogP contribution in [0.15, 0.2) is 0 Å². The van der Waals surface area contributed by atoms with Gasteiger partial charge in [-0.05, 0) is 7.05 Å². The summed E-state index contributed by atoms with van der Waals surface area (Å²) in [6, 6.07) is 0. The highest BCUT2D eigenvalue weighted by Gasteiger charge is 2.38. The standard InChI is InChI=1S/C6H13F3N2O/c1-11(3-2-10)4-5(12)6(7,8)9/h5,12H,2-4,10H2,1H3/t5-/m0/s1. The van der Waals surface area contributed by atoms with Gasteiger partial charge in [0, 0.05) is 19.6 Å².